The number of nitrogens with zero attached hydrogens (tertiary/aromatic N) is 4. The van der Waals surface area contributed by atoms with Crippen LogP contribution < -0.4 is 0 Å². The Morgan fingerprint density at radius 2 is 2.10 bits per heavy atom. The Kier molecular flexibility index (Phi) is 3.86. The monoisotopic (exact) mass is 276 g/mol. The molecule has 2 rings (SSSR count). The topological polar surface area (TPSA) is 98.0 Å². The molecule has 0 aliphatic heterocycles. The van der Waals surface area contributed by atoms with E-state index in [4.69, 9.17) is 19.0 Å². The van der Waals surface area contributed by atoms with Gasteiger partial charge in [0.15, 0.2) is 5.76 Å². The second-order valence-corrected chi connectivity index (χ2v) is 4.65. The average Bonchev–Trinajstić information content (AvgIpc) is 3.06. The first-order chi connectivity index (χ1) is 9.54. The van der Waals surface area contributed by atoms with E-state index in [9.17, 15) is 0 Å². The molecule has 0 spiro atoms. The van der Waals surface area contributed by atoms with Gasteiger partial charge in [0.25, 0.3) is 0 Å². The highest BCUT2D eigenvalue weighted by Gasteiger charge is 2.30. The van der Waals surface area contributed by atoms with E-state index in [1.165, 1.54) is 0 Å². The van der Waals surface area contributed by atoms with Crippen molar-refractivity contribution in [1.82, 2.24) is 15.3 Å². The van der Waals surface area contributed by atoms with Gasteiger partial charge >= 0.3 is 0 Å². The molecule has 7 heteroatoms. The molecule has 0 amide bonds. The maximum atomic E-state index is 9.04. The molecule has 0 aromatic carbocycles. The summed E-state index contributed by atoms with van der Waals surface area (Å²) < 4.78 is 15.6. The van der Waals surface area contributed by atoms with Crippen molar-refractivity contribution in [1.29, 1.82) is 5.26 Å². The predicted octanol–water partition coefficient (Wildman–Crippen LogP) is 2.10. The minimum Gasteiger partial charge on any atom is -0.370 e. The van der Waals surface area contributed by atoms with E-state index in [2.05, 4.69) is 21.4 Å². The van der Waals surface area contributed by atoms with Crippen LogP contribution in [0.4, 0.5) is 0 Å². The number of methoxy groups -OCH3 is 1. The maximum Gasteiger partial charge on any atom is 0.232 e. The molecule has 0 saturated carbocycles. The third-order valence-corrected chi connectivity index (χ3v) is 3.43. The summed E-state index contributed by atoms with van der Waals surface area (Å²) in [7, 11) is 1.61. The lowest BCUT2D eigenvalue weighted by Crippen LogP contribution is -2.24. The van der Waals surface area contributed by atoms with Crippen LogP contribution in [0.2, 0.25) is 0 Å². The van der Waals surface area contributed by atoms with Gasteiger partial charge in [-0.05, 0) is 20.3 Å². The number of rotatable bonds is 5. The molecule has 2 heterocycles. The highest BCUT2D eigenvalue weighted by Crippen LogP contribution is 2.26. The number of hydrogen-bond donors (Lipinski definition) is 0. The van der Waals surface area contributed by atoms with Crippen molar-refractivity contribution in [2.45, 2.75) is 39.2 Å². The molecule has 0 radical (unpaired) electrons. The van der Waals surface area contributed by atoms with Gasteiger partial charge in [-0.25, -0.2) is 0 Å². The highest BCUT2D eigenvalue weighted by molar-refractivity contribution is 5.36. The molecule has 0 saturated heterocycles. The van der Waals surface area contributed by atoms with Crippen LogP contribution in [0, 0.1) is 18.3 Å². The summed E-state index contributed by atoms with van der Waals surface area (Å²) >= 11 is 0. The van der Waals surface area contributed by atoms with Crippen LogP contribution in [0.25, 0.3) is 0 Å². The molecule has 20 heavy (non-hydrogen) atoms. The minimum absolute atomic E-state index is 0.261. The lowest BCUT2D eigenvalue weighted by atomic mass is 10.0. The number of nitriles is 1. The van der Waals surface area contributed by atoms with E-state index in [1.54, 1.807) is 14.0 Å². The van der Waals surface area contributed by atoms with E-state index in [0.717, 1.165) is 6.42 Å². The number of aryl methyl sites for hydroxylation is 1. The Balaban J connectivity index is 2.24. The van der Waals surface area contributed by atoms with E-state index in [-0.39, 0.29) is 6.42 Å². The van der Waals surface area contributed by atoms with Gasteiger partial charge < -0.3 is 13.8 Å². The molecular formula is C13H16N4O3. The van der Waals surface area contributed by atoms with Crippen molar-refractivity contribution in [3.05, 3.63) is 28.7 Å². The molecule has 0 aliphatic rings. The lowest BCUT2D eigenvalue weighted by Gasteiger charge is -2.21. The molecule has 7 nitrogen and oxygen atoms in total. The molecule has 0 aliphatic carbocycles. The zero-order chi connectivity index (χ0) is 14.8. The zero-order valence-electron chi connectivity index (χ0n) is 11.9. The summed E-state index contributed by atoms with van der Waals surface area (Å²) in [5, 5.41) is 16.8. The largest absolute Gasteiger partial charge is 0.370 e. The van der Waals surface area contributed by atoms with Gasteiger partial charge in [-0.1, -0.05) is 17.2 Å². The lowest BCUT2D eigenvalue weighted by molar-refractivity contribution is -0.0106. The fourth-order valence-corrected chi connectivity index (χ4v) is 1.76. The normalized spacial score (nSPS) is 13.9. The third kappa shape index (κ3) is 2.42. The number of aromatic nitrogens is 3. The van der Waals surface area contributed by atoms with E-state index >= 15 is 0 Å². The number of ether oxygens (including phenoxy) is 1. The van der Waals surface area contributed by atoms with Gasteiger partial charge in [-0.15, -0.1) is 0 Å². The smallest absolute Gasteiger partial charge is 0.232 e. The van der Waals surface area contributed by atoms with E-state index < -0.39 is 5.60 Å². The van der Waals surface area contributed by atoms with Crippen molar-refractivity contribution in [2.75, 3.05) is 7.11 Å². The van der Waals surface area contributed by atoms with Crippen LogP contribution in [-0.4, -0.2) is 22.4 Å². The first kappa shape index (κ1) is 14.2. The highest BCUT2D eigenvalue weighted by atomic mass is 16.5. The van der Waals surface area contributed by atoms with Crippen molar-refractivity contribution in [3.8, 4) is 6.07 Å². The van der Waals surface area contributed by atoms with Gasteiger partial charge in [0.2, 0.25) is 11.7 Å². The fourth-order valence-electron chi connectivity index (χ4n) is 1.76. The fraction of sp³-hybridized carbons (Fsp3) is 0.538. The van der Waals surface area contributed by atoms with E-state index in [1.807, 2.05) is 13.8 Å². The van der Waals surface area contributed by atoms with Crippen LogP contribution in [0.1, 0.15) is 49.0 Å². The quantitative estimate of drug-likeness (QED) is 0.824. The Morgan fingerprint density at radius 1 is 1.35 bits per heavy atom. The summed E-state index contributed by atoms with van der Waals surface area (Å²) in [5.74, 6) is 1.34. The van der Waals surface area contributed by atoms with Gasteiger partial charge in [-0.3, -0.25) is 0 Å². The third-order valence-electron chi connectivity index (χ3n) is 3.43. The molecule has 0 bridgehead atoms. The Hall–Kier alpha value is -2.20. The summed E-state index contributed by atoms with van der Waals surface area (Å²) in [4.78, 5) is 4.31. The zero-order valence-corrected chi connectivity index (χ0v) is 11.9. The SMILES string of the molecule is CCC(C)(OC)c1noc(Cc2noc(C)c2C#N)n1. The first-order valence-electron chi connectivity index (χ1n) is 6.27. The summed E-state index contributed by atoms with van der Waals surface area (Å²) in [6, 6.07) is 2.05. The van der Waals surface area contributed by atoms with Gasteiger partial charge in [0, 0.05) is 7.11 Å². The Morgan fingerprint density at radius 3 is 2.70 bits per heavy atom. The molecule has 1 atom stereocenters. The molecular weight excluding hydrogens is 260 g/mol. The van der Waals surface area contributed by atoms with Crippen LogP contribution in [0.5, 0.6) is 0 Å². The predicted molar refractivity (Wildman–Crippen MR) is 67.7 cm³/mol. The summed E-state index contributed by atoms with van der Waals surface area (Å²) in [5.41, 5.74) is 0.324. The number of hydrogen-bond acceptors (Lipinski definition) is 7. The van der Waals surface area contributed by atoms with Crippen molar-refractivity contribution < 1.29 is 13.8 Å². The van der Waals surface area contributed by atoms with Gasteiger partial charge in [0.05, 0.1) is 6.42 Å². The van der Waals surface area contributed by atoms with Gasteiger partial charge in [-0.2, -0.15) is 10.2 Å². The second-order valence-electron chi connectivity index (χ2n) is 4.65. The van der Waals surface area contributed by atoms with Crippen LogP contribution in [0.15, 0.2) is 9.05 Å². The van der Waals surface area contributed by atoms with Crippen molar-refractivity contribution >= 4 is 0 Å². The molecule has 106 valence electrons. The molecule has 0 fully saturated rings. The molecule has 0 N–H and O–H groups in total. The van der Waals surface area contributed by atoms with Crippen molar-refractivity contribution in [2.24, 2.45) is 0 Å². The van der Waals surface area contributed by atoms with Gasteiger partial charge in [0.1, 0.15) is 22.9 Å². The van der Waals surface area contributed by atoms with E-state index in [0.29, 0.717) is 28.7 Å². The first-order valence-corrected chi connectivity index (χ1v) is 6.27. The van der Waals surface area contributed by atoms with Crippen molar-refractivity contribution in [3.63, 3.8) is 0 Å². The summed E-state index contributed by atoms with van der Waals surface area (Å²) in [6.45, 7) is 5.56. The van der Waals surface area contributed by atoms with Crippen LogP contribution in [-0.2, 0) is 16.8 Å². The maximum absolute atomic E-state index is 9.04. The molecule has 2 aromatic rings. The molecule has 2 aromatic heterocycles. The summed E-state index contributed by atoms with van der Waals surface area (Å²) in [6.07, 6.45) is 0.978. The standard InChI is InChI=1S/C13H16N4O3/c1-5-13(3,18-4)12-15-11(20-17-12)6-10-9(7-14)8(2)19-16-10/h5-6H2,1-4H3. The Bertz CT molecular complexity index is 634. The average molecular weight is 276 g/mol. The minimum atomic E-state index is -0.584. The van der Waals surface area contributed by atoms with Crippen LogP contribution in [0.3, 0.4) is 0 Å². The van der Waals surface area contributed by atoms with Crippen LogP contribution >= 0.6 is 0 Å². The Labute approximate surface area is 116 Å². The second kappa shape index (κ2) is 5.43. The molecule has 1 unspecified atom stereocenters.